The largest absolute Gasteiger partial charge is 0.355 e. The molecule has 0 spiro atoms. The van der Waals surface area contributed by atoms with E-state index in [1.165, 1.54) is 12.0 Å². The quantitative estimate of drug-likeness (QED) is 0.253. The molecule has 5 aromatic heterocycles. The predicted octanol–water partition coefficient (Wildman–Crippen LogP) is 5.38. The van der Waals surface area contributed by atoms with E-state index < -0.39 is 5.82 Å². The van der Waals surface area contributed by atoms with Gasteiger partial charge in [0.15, 0.2) is 17.5 Å². The van der Waals surface area contributed by atoms with E-state index in [1.54, 1.807) is 24.8 Å². The Morgan fingerprint density at radius 1 is 0.875 bits per heavy atom. The summed E-state index contributed by atoms with van der Waals surface area (Å²) in [6.45, 7) is 3.24. The molecule has 1 saturated heterocycles. The van der Waals surface area contributed by atoms with Gasteiger partial charge in [-0.05, 0) is 42.5 Å². The first-order valence-electron chi connectivity index (χ1n) is 13.6. The van der Waals surface area contributed by atoms with Crippen LogP contribution in [-0.4, -0.2) is 48.2 Å². The normalized spacial score (nSPS) is 13.9. The zero-order valence-electron chi connectivity index (χ0n) is 21.9. The van der Waals surface area contributed by atoms with Crippen LogP contribution in [0.3, 0.4) is 0 Å². The van der Waals surface area contributed by atoms with Gasteiger partial charge in [-0.25, -0.2) is 14.4 Å². The van der Waals surface area contributed by atoms with Crippen molar-refractivity contribution in [3.8, 4) is 22.8 Å². The molecule has 0 saturated carbocycles. The fourth-order valence-corrected chi connectivity index (χ4v) is 5.38. The summed E-state index contributed by atoms with van der Waals surface area (Å²) in [6.07, 6.45) is 10.3. The van der Waals surface area contributed by atoms with Crippen molar-refractivity contribution in [2.75, 3.05) is 18.0 Å². The molecule has 0 radical (unpaired) electrons. The van der Waals surface area contributed by atoms with Crippen molar-refractivity contribution in [1.29, 1.82) is 0 Å². The minimum atomic E-state index is -0.465. The van der Waals surface area contributed by atoms with Crippen LogP contribution in [0.15, 0.2) is 67.3 Å². The summed E-state index contributed by atoms with van der Waals surface area (Å²) in [4.78, 5) is 23.9. The SMILES string of the molecule is Fc1c(-c2cncc(CNCc3ccccc3)c2)ncc2[nH]nc(-c3nc4c(N5CCCCC5)nccc4[nH]3)c12. The third-order valence-electron chi connectivity index (χ3n) is 7.38. The first-order chi connectivity index (χ1) is 19.7. The Kier molecular flexibility index (Phi) is 6.37. The van der Waals surface area contributed by atoms with Crippen molar-refractivity contribution in [2.24, 2.45) is 0 Å². The first kappa shape index (κ1) is 24.3. The molecule has 1 fully saturated rings. The van der Waals surface area contributed by atoms with Crippen molar-refractivity contribution < 1.29 is 4.39 Å². The highest BCUT2D eigenvalue weighted by molar-refractivity contribution is 5.96. The van der Waals surface area contributed by atoms with Gasteiger partial charge in [0.1, 0.15) is 16.9 Å². The van der Waals surface area contributed by atoms with Crippen LogP contribution in [0.5, 0.6) is 0 Å². The van der Waals surface area contributed by atoms with E-state index in [2.05, 4.69) is 52.5 Å². The number of halogens is 1. The number of anilines is 1. The number of pyridine rings is 3. The Balaban J connectivity index is 1.21. The maximum atomic E-state index is 16.1. The van der Waals surface area contributed by atoms with Crippen molar-refractivity contribution in [2.45, 2.75) is 32.4 Å². The number of piperidine rings is 1. The first-order valence-corrected chi connectivity index (χ1v) is 13.6. The average molecular weight is 534 g/mol. The van der Waals surface area contributed by atoms with Crippen LogP contribution in [0.1, 0.15) is 30.4 Å². The molecular formula is C30H28FN9. The predicted molar refractivity (Wildman–Crippen MR) is 153 cm³/mol. The van der Waals surface area contributed by atoms with Gasteiger partial charge in [0, 0.05) is 50.3 Å². The number of aromatic amines is 2. The monoisotopic (exact) mass is 533 g/mol. The number of benzene rings is 1. The van der Waals surface area contributed by atoms with E-state index in [4.69, 9.17) is 4.98 Å². The molecule has 7 rings (SSSR count). The zero-order valence-corrected chi connectivity index (χ0v) is 21.9. The van der Waals surface area contributed by atoms with Crippen molar-refractivity contribution in [3.05, 3.63) is 84.2 Å². The lowest BCUT2D eigenvalue weighted by atomic mass is 10.1. The highest BCUT2D eigenvalue weighted by Crippen LogP contribution is 2.34. The number of hydrogen-bond acceptors (Lipinski definition) is 7. The Bertz CT molecular complexity index is 1790. The third-order valence-corrected chi connectivity index (χ3v) is 7.38. The molecule has 0 aliphatic carbocycles. The smallest absolute Gasteiger partial charge is 0.161 e. The number of fused-ring (bicyclic) bond motifs is 2. The van der Waals surface area contributed by atoms with E-state index in [0.717, 1.165) is 54.9 Å². The van der Waals surface area contributed by atoms with E-state index in [9.17, 15) is 0 Å². The minimum Gasteiger partial charge on any atom is -0.355 e. The molecule has 9 nitrogen and oxygen atoms in total. The molecule has 0 bridgehead atoms. The molecule has 6 aromatic rings. The average Bonchev–Trinajstić information content (AvgIpc) is 3.63. The Morgan fingerprint density at radius 3 is 2.60 bits per heavy atom. The summed E-state index contributed by atoms with van der Waals surface area (Å²) in [5.74, 6) is 0.874. The van der Waals surface area contributed by atoms with E-state index in [1.807, 2.05) is 30.3 Å². The van der Waals surface area contributed by atoms with E-state index in [-0.39, 0.29) is 5.69 Å². The van der Waals surface area contributed by atoms with E-state index in [0.29, 0.717) is 34.5 Å². The fourth-order valence-electron chi connectivity index (χ4n) is 5.38. The van der Waals surface area contributed by atoms with Crippen LogP contribution in [0.25, 0.3) is 44.7 Å². The summed E-state index contributed by atoms with van der Waals surface area (Å²) >= 11 is 0. The maximum Gasteiger partial charge on any atom is 0.161 e. The number of H-pyrrole nitrogens is 2. The van der Waals surface area contributed by atoms with Gasteiger partial charge in [-0.15, -0.1) is 0 Å². The van der Waals surface area contributed by atoms with Gasteiger partial charge in [0.05, 0.1) is 22.6 Å². The summed E-state index contributed by atoms with van der Waals surface area (Å²) in [5, 5.41) is 11.1. The molecule has 10 heteroatoms. The molecule has 0 atom stereocenters. The Morgan fingerprint density at radius 2 is 1.73 bits per heavy atom. The molecule has 1 aliphatic heterocycles. The van der Waals surface area contributed by atoms with Crippen molar-refractivity contribution in [3.63, 3.8) is 0 Å². The molecular weight excluding hydrogens is 505 g/mol. The highest BCUT2D eigenvalue weighted by atomic mass is 19.1. The summed E-state index contributed by atoms with van der Waals surface area (Å²) in [6, 6.07) is 14.0. The lowest BCUT2D eigenvalue weighted by molar-refractivity contribution is 0.574. The summed E-state index contributed by atoms with van der Waals surface area (Å²) in [7, 11) is 0. The van der Waals surface area contributed by atoms with Gasteiger partial charge in [0.25, 0.3) is 0 Å². The van der Waals surface area contributed by atoms with Crippen molar-refractivity contribution in [1.82, 2.24) is 40.4 Å². The van der Waals surface area contributed by atoms with Crippen LogP contribution in [-0.2, 0) is 13.1 Å². The van der Waals surface area contributed by atoms with Gasteiger partial charge < -0.3 is 15.2 Å². The van der Waals surface area contributed by atoms with Gasteiger partial charge in [-0.2, -0.15) is 5.10 Å². The molecule has 1 aromatic carbocycles. The van der Waals surface area contributed by atoms with E-state index >= 15 is 4.39 Å². The summed E-state index contributed by atoms with van der Waals surface area (Å²) < 4.78 is 16.1. The summed E-state index contributed by atoms with van der Waals surface area (Å²) in [5.41, 5.74) is 5.48. The molecule has 6 heterocycles. The second kappa shape index (κ2) is 10.5. The van der Waals surface area contributed by atoms with Gasteiger partial charge >= 0.3 is 0 Å². The molecule has 0 unspecified atom stereocenters. The second-order valence-electron chi connectivity index (χ2n) is 10.1. The van der Waals surface area contributed by atoms with Gasteiger partial charge in [-0.3, -0.25) is 15.1 Å². The van der Waals surface area contributed by atoms with Crippen LogP contribution >= 0.6 is 0 Å². The third kappa shape index (κ3) is 4.56. The number of hydrogen-bond donors (Lipinski definition) is 3. The molecule has 1 aliphatic rings. The number of aromatic nitrogens is 7. The Hall–Kier alpha value is -4.70. The van der Waals surface area contributed by atoms with Gasteiger partial charge in [-0.1, -0.05) is 30.3 Å². The maximum absolute atomic E-state index is 16.1. The molecule has 0 amide bonds. The number of rotatable bonds is 7. The second-order valence-corrected chi connectivity index (χ2v) is 10.1. The van der Waals surface area contributed by atoms with Crippen molar-refractivity contribution >= 4 is 27.8 Å². The number of nitrogens with zero attached hydrogens (tertiary/aromatic N) is 6. The lowest BCUT2D eigenvalue weighted by Gasteiger charge is -2.27. The zero-order chi connectivity index (χ0) is 26.9. The van der Waals surface area contributed by atoms with Crippen LogP contribution in [0.4, 0.5) is 10.2 Å². The highest BCUT2D eigenvalue weighted by Gasteiger charge is 2.23. The molecule has 200 valence electrons. The van der Waals surface area contributed by atoms with Crippen LogP contribution in [0, 0.1) is 5.82 Å². The van der Waals surface area contributed by atoms with Crippen LogP contribution < -0.4 is 10.2 Å². The standard InChI is InChI=1S/C30H28FN9/c31-25-24-23(18-35-26(25)21-13-20(16-33-17-21)15-32-14-19-7-3-1-4-8-19)38-39-28(24)29-36-22-9-10-34-30(27(22)37-29)40-11-5-2-6-12-40/h1,3-4,7-10,13,16-18,32H,2,5-6,11-12,14-15H2,(H,36,37)(H,38,39). The number of nitrogens with one attached hydrogen (secondary N) is 3. The van der Waals surface area contributed by atoms with Crippen LogP contribution in [0.2, 0.25) is 0 Å². The minimum absolute atomic E-state index is 0.222. The molecule has 3 N–H and O–H groups in total. The van der Waals surface area contributed by atoms with Gasteiger partial charge in [0.2, 0.25) is 0 Å². The Labute approximate surface area is 229 Å². The number of imidazole rings is 1. The fraction of sp³-hybridized carbons (Fsp3) is 0.233. The topological polar surface area (TPSA) is 111 Å². The lowest BCUT2D eigenvalue weighted by Crippen LogP contribution is -2.30. The molecule has 40 heavy (non-hydrogen) atoms.